The highest BCUT2D eigenvalue weighted by Gasteiger charge is 2.30. The van der Waals surface area contributed by atoms with Crippen molar-refractivity contribution in [2.45, 2.75) is 91.3 Å². The molecule has 6 rings (SSSR count). The number of aromatic nitrogens is 6. The molecule has 0 N–H and O–H groups in total. The second kappa shape index (κ2) is 13.0. The third-order valence-corrected chi connectivity index (χ3v) is 8.60. The van der Waals surface area contributed by atoms with Crippen LogP contribution in [0.15, 0.2) is 40.1 Å². The molecule has 3 aromatic heterocycles. The van der Waals surface area contributed by atoms with Gasteiger partial charge < -0.3 is 18.8 Å². The predicted molar refractivity (Wildman–Crippen MR) is 162 cm³/mol. The zero-order valence-electron chi connectivity index (χ0n) is 25.5. The van der Waals surface area contributed by atoms with Gasteiger partial charge in [-0.25, -0.2) is 24.1 Å². The molecule has 11 nitrogen and oxygen atoms in total. The summed E-state index contributed by atoms with van der Waals surface area (Å²) >= 11 is 0. The molecule has 44 heavy (non-hydrogen) atoms. The maximum Gasteiger partial charge on any atom is 0.332 e. The van der Waals surface area contributed by atoms with Crippen molar-refractivity contribution in [3.63, 3.8) is 0 Å². The van der Waals surface area contributed by atoms with E-state index >= 15 is 0 Å². The van der Waals surface area contributed by atoms with Crippen molar-refractivity contribution < 1.29 is 18.6 Å². The molecule has 4 aromatic rings. The lowest BCUT2D eigenvalue weighted by atomic mass is 9.84. The van der Waals surface area contributed by atoms with E-state index in [-0.39, 0.29) is 42.5 Å². The fourth-order valence-electron chi connectivity index (χ4n) is 5.86. The molecule has 3 atom stereocenters. The quantitative estimate of drug-likeness (QED) is 0.230. The Kier molecular flexibility index (Phi) is 8.90. The molecule has 1 aromatic carbocycles. The van der Waals surface area contributed by atoms with Crippen molar-refractivity contribution in [2.75, 3.05) is 13.2 Å². The Morgan fingerprint density at radius 2 is 1.86 bits per heavy atom. The van der Waals surface area contributed by atoms with Crippen LogP contribution in [-0.2, 0) is 29.1 Å². The van der Waals surface area contributed by atoms with Gasteiger partial charge >= 0.3 is 5.69 Å². The summed E-state index contributed by atoms with van der Waals surface area (Å²) in [6, 6.07) is 6.09. The van der Waals surface area contributed by atoms with Crippen LogP contribution in [0.1, 0.15) is 63.6 Å². The van der Waals surface area contributed by atoms with Gasteiger partial charge in [-0.1, -0.05) is 19.1 Å². The zero-order valence-corrected chi connectivity index (χ0v) is 25.5. The first-order valence-electron chi connectivity index (χ1n) is 15.6. The van der Waals surface area contributed by atoms with Crippen molar-refractivity contribution in [3.8, 4) is 17.4 Å². The van der Waals surface area contributed by atoms with Gasteiger partial charge in [0.1, 0.15) is 17.6 Å². The van der Waals surface area contributed by atoms with E-state index in [9.17, 15) is 14.0 Å². The molecule has 12 heteroatoms. The molecule has 2 aliphatic rings. The molecule has 0 spiro atoms. The van der Waals surface area contributed by atoms with E-state index in [1.165, 1.54) is 21.3 Å². The Bertz CT molecular complexity index is 1740. The number of imidazole rings is 1. The second-order valence-corrected chi connectivity index (χ2v) is 11.7. The minimum Gasteiger partial charge on any atom is -0.473 e. The molecule has 0 amide bonds. The standard InChI is InChI=1S/C32H39FN6O5/c1-4-37-30-28(31(40)38(32(37)41)15-7-17-43-26-8-5-6-16-42-26)39(19-22-10-12-23(33)13-11-22)29(36-30)27-21(3)35-25(18-34-27)44-24-14-9-20(24)2/h10-13,18,20,24,26H,4-9,14-17,19H2,1-3H3. The van der Waals surface area contributed by atoms with Crippen LogP contribution in [0.5, 0.6) is 5.88 Å². The highest BCUT2D eigenvalue weighted by molar-refractivity contribution is 5.77. The molecule has 1 aliphatic heterocycles. The normalized spacial score (nSPS) is 20.1. The number of halogens is 1. The molecule has 0 radical (unpaired) electrons. The van der Waals surface area contributed by atoms with Crippen molar-refractivity contribution in [3.05, 3.63) is 68.4 Å². The van der Waals surface area contributed by atoms with Crippen LogP contribution in [0.4, 0.5) is 4.39 Å². The minimum absolute atomic E-state index is 0.121. The van der Waals surface area contributed by atoms with Crippen molar-refractivity contribution in [2.24, 2.45) is 5.92 Å². The molecule has 0 bridgehead atoms. The van der Waals surface area contributed by atoms with Crippen LogP contribution in [0.3, 0.4) is 0 Å². The monoisotopic (exact) mass is 606 g/mol. The number of hydrogen-bond donors (Lipinski definition) is 0. The first-order valence-corrected chi connectivity index (χ1v) is 15.6. The minimum atomic E-state index is -0.450. The lowest BCUT2D eigenvalue weighted by Crippen LogP contribution is -2.40. The lowest BCUT2D eigenvalue weighted by molar-refractivity contribution is -0.163. The first-order chi connectivity index (χ1) is 21.3. The van der Waals surface area contributed by atoms with Gasteiger partial charge in [0.2, 0.25) is 5.88 Å². The third kappa shape index (κ3) is 6.05. The maximum atomic E-state index is 14.1. The van der Waals surface area contributed by atoms with Gasteiger partial charge in [0.05, 0.1) is 18.5 Å². The summed E-state index contributed by atoms with van der Waals surface area (Å²) in [5, 5.41) is 0. The van der Waals surface area contributed by atoms with Gasteiger partial charge in [-0.2, -0.15) is 0 Å². The van der Waals surface area contributed by atoms with E-state index in [1.54, 1.807) is 22.9 Å². The SMILES string of the molecule is CCn1c(=O)n(CCCOC2CCCCO2)c(=O)c2c1nc(-c1ncc(OC3CCC3C)nc1C)n2Cc1ccc(F)cc1. The fourth-order valence-corrected chi connectivity index (χ4v) is 5.86. The topological polar surface area (TPSA) is 115 Å². The molecule has 2 fully saturated rings. The van der Waals surface area contributed by atoms with Gasteiger partial charge in [-0.15, -0.1) is 0 Å². The third-order valence-electron chi connectivity index (χ3n) is 8.60. The van der Waals surface area contributed by atoms with Crippen LogP contribution in [0, 0.1) is 18.7 Å². The van der Waals surface area contributed by atoms with Crippen LogP contribution >= 0.6 is 0 Å². The van der Waals surface area contributed by atoms with Gasteiger partial charge in [-0.05, 0) is 76.0 Å². The van der Waals surface area contributed by atoms with Crippen LogP contribution in [0.25, 0.3) is 22.7 Å². The number of benzene rings is 1. The predicted octanol–water partition coefficient (Wildman–Crippen LogP) is 4.44. The van der Waals surface area contributed by atoms with Crippen LogP contribution in [0.2, 0.25) is 0 Å². The summed E-state index contributed by atoms with van der Waals surface area (Å²) in [5.74, 6) is 0.951. The Hall–Kier alpha value is -3.90. The molecular weight excluding hydrogens is 567 g/mol. The Morgan fingerprint density at radius 3 is 2.52 bits per heavy atom. The second-order valence-electron chi connectivity index (χ2n) is 11.7. The zero-order chi connectivity index (χ0) is 30.8. The Labute approximate surface area is 254 Å². The van der Waals surface area contributed by atoms with E-state index in [1.807, 2.05) is 13.8 Å². The first kappa shape index (κ1) is 30.1. The van der Waals surface area contributed by atoms with Crippen molar-refractivity contribution in [1.82, 2.24) is 28.7 Å². The number of fused-ring (bicyclic) bond motifs is 1. The van der Waals surface area contributed by atoms with E-state index < -0.39 is 11.2 Å². The number of rotatable bonds is 11. The summed E-state index contributed by atoms with van der Waals surface area (Å²) in [5.41, 5.74) is 1.47. The van der Waals surface area contributed by atoms with Gasteiger partial charge in [-0.3, -0.25) is 13.9 Å². The molecule has 4 heterocycles. The fraction of sp³-hybridized carbons (Fsp3) is 0.531. The van der Waals surface area contributed by atoms with Crippen LogP contribution < -0.4 is 16.0 Å². The number of aryl methyl sites for hydroxylation is 2. The largest absolute Gasteiger partial charge is 0.473 e. The molecule has 3 unspecified atom stereocenters. The van der Waals surface area contributed by atoms with Gasteiger partial charge in [0, 0.05) is 26.2 Å². The van der Waals surface area contributed by atoms with E-state index in [4.69, 9.17) is 19.2 Å². The molecule has 1 aliphatic carbocycles. The summed E-state index contributed by atoms with van der Waals surface area (Å²) in [6.07, 6.45) is 6.97. The molecule has 1 saturated heterocycles. The van der Waals surface area contributed by atoms with E-state index in [0.29, 0.717) is 55.2 Å². The Morgan fingerprint density at radius 1 is 1.05 bits per heavy atom. The summed E-state index contributed by atoms with van der Waals surface area (Å²) < 4.78 is 35.8. The van der Waals surface area contributed by atoms with Crippen LogP contribution in [-0.4, -0.2) is 54.3 Å². The summed E-state index contributed by atoms with van der Waals surface area (Å²) in [4.78, 5) is 41.8. The van der Waals surface area contributed by atoms with E-state index in [2.05, 4.69) is 16.9 Å². The molecule has 234 valence electrons. The van der Waals surface area contributed by atoms with E-state index in [0.717, 1.165) is 37.7 Å². The average Bonchev–Trinajstić information content (AvgIpc) is 3.39. The highest BCUT2D eigenvalue weighted by Crippen LogP contribution is 2.31. The summed E-state index contributed by atoms with van der Waals surface area (Å²) in [6.45, 7) is 7.57. The number of hydrogen-bond acceptors (Lipinski definition) is 8. The number of nitrogens with zero attached hydrogens (tertiary/aromatic N) is 6. The van der Waals surface area contributed by atoms with Crippen molar-refractivity contribution >= 4 is 11.2 Å². The van der Waals surface area contributed by atoms with Gasteiger partial charge in [0.25, 0.3) is 5.56 Å². The van der Waals surface area contributed by atoms with Gasteiger partial charge in [0.15, 0.2) is 23.3 Å². The molecule has 1 saturated carbocycles. The molecular formula is C32H39FN6O5. The highest BCUT2D eigenvalue weighted by atomic mass is 19.1. The Balaban J connectivity index is 1.40. The smallest absolute Gasteiger partial charge is 0.332 e. The maximum absolute atomic E-state index is 14.1. The average molecular weight is 607 g/mol. The van der Waals surface area contributed by atoms with Crippen molar-refractivity contribution in [1.29, 1.82) is 0 Å². The summed E-state index contributed by atoms with van der Waals surface area (Å²) in [7, 11) is 0. The number of ether oxygens (including phenoxy) is 3. The lowest BCUT2D eigenvalue weighted by Gasteiger charge is -2.33.